The van der Waals surface area contributed by atoms with Crippen molar-refractivity contribution < 1.29 is 9.59 Å². The molecule has 0 saturated carbocycles. The Morgan fingerprint density at radius 1 is 0.972 bits per heavy atom. The highest BCUT2D eigenvalue weighted by Gasteiger charge is 2.30. The Labute approximate surface area is 228 Å². The van der Waals surface area contributed by atoms with Crippen LogP contribution in [0.25, 0.3) is 0 Å². The molecule has 0 aliphatic heterocycles. The summed E-state index contributed by atoms with van der Waals surface area (Å²) in [6, 6.07) is 22.6. The smallest absolute Gasteiger partial charge is 0.243 e. The van der Waals surface area contributed by atoms with E-state index >= 15 is 0 Å². The van der Waals surface area contributed by atoms with Gasteiger partial charge in [0, 0.05) is 35.3 Å². The number of nitrogens with zero attached hydrogens (tertiary/aromatic N) is 1. The van der Waals surface area contributed by atoms with Gasteiger partial charge in [0.15, 0.2) is 0 Å². The van der Waals surface area contributed by atoms with Crippen LogP contribution in [0.4, 0.5) is 0 Å². The van der Waals surface area contributed by atoms with Gasteiger partial charge in [0.25, 0.3) is 0 Å². The zero-order chi connectivity index (χ0) is 25.9. The van der Waals surface area contributed by atoms with Crippen molar-refractivity contribution in [2.45, 2.75) is 45.0 Å². The first kappa shape index (κ1) is 28.1. The van der Waals surface area contributed by atoms with Crippen LogP contribution in [0.5, 0.6) is 0 Å². The van der Waals surface area contributed by atoms with Gasteiger partial charge in [0.1, 0.15) is 6.04 Å². The number of aryl methyl sites for hydroxylation is 1. The van der Waals surface area contributed by atoms with Gasteiger partial charge < -0.3 is 10.2 Å². The largest absolute Gasteiger partial charge is 0.354 e. The molecule has 0 saturated heterocycles. The highest BCUT2D eigenvalue weighted by atomic mass is 35.5. The Bertz CT molecular complexity index is 1160. The summed E-state index contributed by atoms with van der Waals surface area (Å²) < 4.78 is 0. The highest BCUT2D eigenvalue weighted by Crippen LogP contribution is 2.25. The number of nitrogens with one attached hydrogen (secondary N) is 1. The lowest BCUT2D eigenvalue weighted by Crippen LogP contribution is -2.51. The van der Waals surface area contributed by atoms with Crippen molar-refractivity contribution in [3.8, 4) is 0 Å². The molecule has 3 rings (SSSR count). The Kier molecular flexibility index (Phi) is 11.2. The topological polar surface area (TPSA) is 49.4 Å². The van der Waals surface area contributed by atoms with E-state index < -0.39 is 6.04 Å². The number of rotatable bonds is 12. The van der Waals surface area contributed by atoms with Crippen LogP contribution in [-0.2, 0) is 28.3 Å². The monoisotopic (exact) mass is 542 g/mol. The van der Waals surface area contributed by atoms with Crippen LogP contribution < -0.4 is 5.32 Å². The molecular weight excluding hydrogens is 511 g/mol. The van der Waals surface area contributed by atoms with Crippen LogP contribution in [0.3, 0.4) is 0 Å². The molecule has 0 aliphatic carbocycles. The third-order valence-corrected chi connectivity index (χ3v) is 7.47. The number of hydrogen-bond donors (Lipinski definition) is 1. The third-order valence-electron chi connectivity index (χ3n) is 5.92. The second-order valence-corrected chi connectivity index (χ2v) is 10.5. The first-order chi connectivity index (χ1) is 17.4. The number of carbonyl (C=O) groups excluding carboxylic acids is 2. The Morgan fingerprint density at radius 2 is 1.69 bits per heavy atom. The van der Waals surface area contributed by atoms with Crippen LogP contribution >= 0.6 is 35.0 Å². The molecule has 0 heterocycles. The summed E-state index contributed by atoms with van der Waals surface area (Å²) in [5, 5.41) is 4.18. The molecule has 0 aliphatic rings. The fourth-order valence-electron chi connectivity index (χ4n) is 3.86. The predicted molar refractivity (Wildman–Crippen MR) is 152 cm³/mol. The van der Waals surface area contributed by atoms with E-state index in [1.165, 1.54) is 11.8 Å². The molecule has 0 spiro atoms. The van der Waals surface area contributed by atoms with E-state index in [0.29, 0.717) is 35.3 Å². The summed E-state index contributed by atoms with van der Waals surface area (Å²) in [6.45, 7) is 4.98. The molecule has 1 N–H and O–H groups in total. The van der Waals surface area contributed by atoms with E-state index in [1.54, 1.807) is 17.0 Å². The minimum absolute atomic E-state index is 0.0825. The summed E-state index contributed by atoms with van der Waals surface area (Å²) in [7, 11) is 0. The molecule has 4 nitrogen and oxygen atoms in total. The Morgan fingerprint density at radius 3 is 2.39 bits per heavy atom. The van der Waals surface area contributed by atoms with E-state index in [9.17, 15) is 9.59 Å². The van der Waals surface area contributed by atoms with Crippen molar-refractivity contribution in [3.05, 3.63) is 105 Å². The van der Waals surface area contributed by atoms with Gasteiger partial charge in [-0.05, 0) is 47.7 Å². The maximum atomic E-state index is 13.7. The molecule has 0 radical (unpaired) electrons. The summed E-state index contributed by atoms with van der Waals surface area (Å²) >= 11 is 13.8. The molecule has 0 fully saturated rings. The maximum absolute atomic E-state index is 13.7. The first-order valence-electron chi connectivity index (χ1n) is 12.1. The fourth-order valence-corrected chi connectivity index (χ4v) is 5.33. The lowest BCUT2D eigenvalue weighted by molar-refractivity contribution is -0.139. The van der Waals surface area contributed by atoms with Crippen LogP contribution in [-0.4, -0.2) is 35.1 Å². The van der Waals surface area contributed by atoms with Crippen molar-refractivity contribution in [2.24, 2.45) is 0 Å². The summed E-state index contributed by atoms with van der Waals surface area (Å²) in [6.07, 6.45) is 1.27. The number of carbonyl (C=O) groups is 2. The van der Waals surface area contributed by atoms with Crippen LogP contribution in [0.15, 0.2) is 72.8 Å². The highest BCUT2D eigenvalue weighted by molar-refractivity contribution is 7.99. The second kappa shape index (κ2) is 14.3. The fraction of sp³-hybridized carbons (Fsp3) is 0.310. The van der Waals surface area contributed by atoms with E-state index in [1.807, 2.05) is 74.5 Å². The van der Waals surface area contributed by atoms with Crippen LogP contribution in [0, 0.1) is 6.92 Å². The SMILES string of the molecule is CCCNC(=O)C(Cc1ccccc1)N(Cc1ccccc1C)C(=O)CSCc1ccc(Cl)cc1Cl. The van der Waals surface area contributed by atoms with Crippen molar-refractivity contribution in [3.63, 3.8) is 0 Å². The summed E-state index contributed by atoms with van der Waals surface area (Å²) in [5.74, 6) is 0.594. The van der Waals surface area contributed by atoms with Crippen molar-refractivity contribution in [1.82, 2.24) is 10.2 Å². The van der Waals surface area contributed by atoms with Gasteiger partial charge in [-0.1, -0.05) is 90.8 Å². The van der Waals surface area contributed by atoms with Crippen LogP contribution in [0.2, 0.25) is 10.0 Å². The van der Waals surface area contributed by atoms with E-state index in [2.05, 4.69) is 5.32 Å². The number of amides is 2. The molecule has 2 amide bonds. The number of thioether (sulfide) groups is 1. The maximum Gasteiger partial charge on any atom is 0.243 e. The standard InChI is InChI=1S/C29H32Cl2N2O2S/c1-3-15-32-29(35)27(16-22-10-5-4-6-11-22)33(18-23-12-8-7-9-21(23)2)28(34)20-36-19-24-13-14-25(30)17-26(24)31/h4-14,17,27H,3,15-16,18-20H2,1-2H3,(H,32,35). The van der Waals surface area contributed by atoms with Crippen molar-refractivity contribution in [2.75, 3.05) is 12.3 Å². The lowest BCUT2D eigenvalue weighted by atomic mass is 10.0. The molecule has 190 valence electrons. The minimum atomic E-state index is -0.620. The van der Waals surface area contributed by atoms with E-state index in [-0.39, 0.29) is 17.6 Å². The molecule has 3 aromatic carbocycles. The van der Waals surface area contributed by atoms with Gasteiger partial charge in [-0.3, -0.25) is 9.59 Å². The number of hydrogen-bond acceptors (Lipinski definition) is 3. The van der Waals surface area contributed by atoms with Gasteiger partial charge >= 0.3 is 0 Å². The zero-order valence-corrected chi connectivity index (χ0v) is 23.0. The molecule has 0 aromatic heterocycles. The van der Waals surface area contributed by atoms with Gasteiger partial charge in [0.05, 0.1) is 5.75 Å². The Hall–Kier alpha value is -2.47. The molecule has 36 heavy (non-hydrogen) atoms. The van der Waals surface area contributed by atoms with E-state index in [0.717, 1.165) is 28.7 Å². The molecule has 0 bridgehead atoms. The first-order valence-corrected chi connectivity index (χ1v) is 14.0. The van der Waals surface area contributed by atoms with Gasteiger partial charge in [-0.2, -0.15) is 0 Å². The van der Waals surface area contributed by atoms with Crippen LogP contribution in [0.1, 0.15) is 35.6 Å². The van der Waals surface area contributed by atoms with Crippen molar-refractivity contribution in [1.29, 1.82) is 0 Å². The lowest BCUT2D eigenvalue weighted by Gasteiger charge is -2.32. The average molecular weight is 544 g/mol. The normalized spacial score (nSPS) is 11.7. The molecule has 3 aromatic rings. The molecule has 1 unspecified atom stereocenters. The number of benzene rings is 3. The molecule has 1 atom stereocenters. The Balaban J connectivity index is 1.84. The average Bonchev–Trinajstić information content (AvgIpc) is 2.87. The number of halogens is 2. The quantitative estimate of drug-likeness (QED) is 0.277. The third kappa shape index (κ3) is 8.29. The summed E-state index contributed by atoms with van der Waals surface area (Å²) in [4.78, 5) is 28.8. The second-order valence-electron chi connectivity index (χ2n) is 8.67. The molecular formula is C29H32Cl2N2O2S. The minimum Gasteiger partial charge on any atom is -0.354 e. The summed E-state index contributed by atoms with van der Waals surface area (Å²) in [5.41, 5.74) is 4.05. The van der Waals surface area contributed by atoms with Crippen molar-refractivity contribution >= 4 is 46.8 Å². The zero-order valence-electron chi connectivity index (χ0n) is 20.7. The van der Waals surface area contributed by atoms with E-state index in [4.69, 9.17) is 23.2 Å². The van der Waals surface area contributed by atoms with Gasteiger partial charge in [0.2, 0.25) is 11.8 Å². The molecule has 7 heteroatoms. The van der Waals surface area contributed by atoms with Gasteiger partial charge in [-0.15, -0.1) is 11.8 Å². The van der Waals surface area contributed by atoms with Gasteiger partial charge in [-0.25, -0.2) is 0 Å². The predicted octanol–water partition coefficient (Wildman–Crippen LogP) is 6.70.